The molecule has 0 rings (SSSR count). The molecule has 0 heterocycles. The van der Waals surface area contributed by atoms with Gasteiger partial charge in [-0.1, -0.05) is 6.92 Å². The van der Waals surface area contributed by atoms with Gasteiger partial charge in [-0.25, -0.2) is 0 Å². The van der Waals surface area contributed by atoms with Crippen LogP contribution in [-0.2, 0) is 124 Å². The molecule has 0 saturated carbocycles. The molecular weight excluding hydrogens is 1570 g/mol. The molecule has 0 aliphatic rings. The summed E-state index contributed by atoms with van der Waals surface area (Å²) in [4.78, 5) is 151. The maximum atomic E-state index is 11.8. The molecule has 0 aromatic rings. The van der Waals surface area contributed by atoms with E-state index in [9.17, 15) is 67.4 Å². The van der Waals surface area contributed by atoms with E-state index in [-0.39, 0.29) is 192 Å². The van der Waals surface area contributed by atoms with Gasteiger partial charge in [-0.2, -0.15) is 164 Å². The maximum Gasteiger partial charge on any atom is 0.306 e. The van der Waals surface area contributed by atoms with Crippen LogP contribution in [0.5, 0.6) is 0 Å². The Morgan fingerprint density at radius 3 is 0.460 bits per heavy atom. The predicted molar refractivity (Wildman–Crippen MR) is 415 cm³/mol. The number of esters is 13. The molecule has 0 saturated heterocycles. The molecule has 0 aromatic heterocycles. The molecule has 0 bridgehead atoms. The Balaban J connectivity index is -0.000000617. The molecule has 0 aliphatic carbocycles. The Bertz CT molecular complexity index is 2010. The zero-order chi connectivity index (χ0) is 76.7. The van der Waals surface area contributed by atoms with Crippen LogP contribution in [0.2, 0.25) is 0 Å². The lowest BCUT2D eigenvalue weighted by molar-refractivity contribution is -0.171. The fourth-order valence-electron chi connectivity index (χ4n) is 6.29. The van der Waals surface area contributed by atoms with Gasteiger partial charge in [0, 0.05) is 74.8 Å². The van der Waals surface area contributed by atoms with E-state index in [0.29, 0.717) is 58.2 Å². The van der Waals surface area contributed by atoms with Crippen LogP contribution in [0.1, 0.15) is 104 Å². The van der Waals surface area contributed by atoms with Crippen molar-refractivity contribution in [1.29, 1.82) is 0 Å². The molecule has 0 spiro atoms. The number of rotatable bonds is 54. The van der Waals surface area contributed by atoms with E-state index in [1.807, 2.05) is 6.92 Å². The first kappa shape index (κ1) is 104. The van der Waals surface area contributed by atoms with Crippen LogP contribution < -0.4 is 0 Å². The lowest BCUT2D eigenvalue weighted by Crippen LogP contribution is -2.44. The standard InChI is InChI=1S/C17H28O8S4.C15H26O6S3.C14H24O7S3.C14H24O6S3/c18-13(1-5-26)22-9-17(10-23-14(19)2-6-27,11-24-15(20)3-7-28)12-25-16(21)4-8-29;1-2-15(9-19-12(16)3-6-22,10-20-13(17)4-7-23)11-21-14(18)5-8-24;15-7-14(8-19-11(16)1-4-22,9-20-12(17)2-5-23)10-21-13(18)3-6-24;1-14(8-18-11(15)2-5-21,9-19-12(16)3-6-22)10-20-13(17)4-7-23/h26-29H,1-12H2;22-24H,2-11H2,1H3;15,22-24H,1-10H2;21-23H,2-10H2,1H3. The van der Waals surface area contributed by atoms with Crippen LogP contribution in [0, 0.1) is 21.7 Å². The number of hydrogen-bond acceptors (Lipinski definition) is 40. The SMILES string of the molecule is CC(COC(=O)CCS)(COC(=O)CCS)COC(=O)CCS.CCC(COC(=O)CCS)(COC(=O)CCS)COC(=O)CCS.O=C(CCS)OCC(CO)(COC(=O)CCS)COC(=O)CCS.O=C(CCS)OCC(COC(=O)CCS)(COC(=O)CCS)COC(=O)CCS. The molecule has 40 heteroatoms. The number of hydrogen-bond donors (Lipinski definition) is 14. The zero-order valence-electron chi connectivity index (χ0n) is 56.4. The Morgan fingerprint density at radius 1 is 0.220 bits per heavy atom. The van der Waals surface area contributed by atoms with Gasteiger partial charge in [-0.15, -0.1) is 0 Å². The fraction of sp³-hybridized carbons (Fsp3) is 0.783. The van der Waals surface area contributed by atoms with Gasteiger partial charge in [0.15, 0.2) is 0 Å². The monoisotopic (exact) mass is 1670 g/mol. The van der Waals surface area contributed by atoms with Crippen molar-refractivity contribution >= 4 is 242 Å². The lowest BCUT2D eigenvalue weighted by atomic mass is 9.88. The van der Waals surface area contributed by atoms with Gasteiger partial charge < -0.3 is 66.7 Å². The third-order valence-corrected chi connectivity index (χ3v) is 15.2. The highest BCUT2D eigenvalue weighted by atomic mass is 32.1. The normalized spacial score (nSPS) is 11.0. The minimum absolute atomic E-state index is 0.00157. The van der Waals surface area contributed by atoms with Crippen molar-refractivity contribution in [3.05, 3.63) is 0 Å². The van der Waals surface area contributed by atoms with Crippen LogP contribution in [-0.4, -0.2) is 250 Å². The second kappa shape index (κ2) is 67.2. The Kier molecular flexibility index (Phi) is 69.9. The number of ether oxygens (including phenoxy) is 13. The summed E-state index contributed by atoms with van der Waals surface area (Å²) in [6.45, 7) is 1.10. The van der Waals surface area contributed by atoms with Crippen molar-refractivity contribution in [2.75, 3.05) is 167 Å². The zero-order valence-corrected chi connectivity index (χ0v) is 68.0. The fourth-order valence-corrected chi connectivity index (χ4v) is 8.67. The minimum Gasteiger partial charge on any atom is -0.465 e. The quantitative estimate of drug-likeness (QED) is 0.0202. The molecule has 0 atom stereocenters. The molecule has 0 radical (unpaired) electrons. The highest BCUT2D eigenvalue weighted by Gasteiger charge is 2.39. The van der Waals surface area contributed by atoms with Gasteiger partial charge in [-0.05, 0) is 13.3 Å². The molecular formula is C60H102O27S13. The first-order chi connectivity index (χ1) is 47.5. The van der Waals surface area contributed by atoms with Gasteiger partial charge in [0.05, 0.1) is 106 Å². The van der Waals surface area contributed by atoms with Crippen molar-refractivity contribution in [2.45, 2.75) is 104 Å². The second-order valence-corrected chi connectivity index (χ2v) is 27.4. The summed E-state index contributed by atoms with van der Waals surface area (Å²) in [5, 5.41) is 9.69. The molecule has 27 nitrogen and oxygen atoms in total. The molecule has 582 valence electrons. The number of carbonyl (C=O) groups is 13. The lowest BCUT2D eigenvalue weighted by Gasteiger charge is -2.31. The van der Waals surface area contributed by atoms with Crippen molar-refractivity contribution in [3.63, 3.8) is 0 Å². The largest absolute Gasteiger partial charge is 0.465 e. The summed E-state index contributed by atoms with van der Waals surface area (Å²) in [5.41, 5.74) is -4.06. The van der Waals surface area contributed by atoms with E-state index in [4.69, 9.17) is 61.6 Å². The van der Waals surface area contributed by atoms with Gasteiger partial charge in [0.2, 0.25) is 0 Å². The van der Waals surface area contributed by atoms with E-state index in [1.165, 1.54) is 0 Å². The average Bonchev–Trinajstić information content (AvgIpc) is 0.884. The molecule has 0 fully saturated rings. The number of aliphatic hydroxyl groups is 1. The third-order valence-electron chi connectivity index (χ3n) is 12.3. The van der Waals surface area contributed by atoms with Gasteiger partial charge in [-0.3, -0.25) is 62.3 Å². The summed E-state index contributed by atoms with van der Waals surface area (Å²) >= 11 is 51.5. The van der Waals surface area contributed by atoms with Crippen LogP contribution in [0.15, 0.2) is 0 Å². The van der Waals surface area contributed by atoms with E-state index < -0.39 is 106 Å². The van der Waals surface area contributed by atoms with E-state index in [2.05, 4.69) is 164 Å². The van der Waals surface area contributed by atoms with E-state index in [1.54, 1.807) is 6.92 Å². The smallest absolute Gasteiger partial charge is 0.306 e. The summed E-state index contributed by atoms with van der Waals surface area (Å²) in [5.74, 6) is -1.69. The summed E-state index contributed by atoms with van der Waals surface area (Å²) in [6, 6.07) is 0. The highest BCUT2D eigenvalue weighted by molar-refractivity contribution is 7.82. The van der Waals surface area contributed by atoms with Crippen LogP contribution in [0.4, 0.5) is 0 Å². The highest BCUT2D eigenvalue weighted by Crippen LogP contribution is 2.27. The van der Waals surface area contributed by atoms with Crippen molar-refractivity contribution in [1.82, 2.24) is 0 Å². The molecule has 0 aliphatic heterocycles. The number of aliphatic hydroxyl groups excluding tert-OH is 1. The summed E-state index contributed by atoms with van der Waals surface area (Å²) < 4.78 is 67.1. The van der Waals surface area contributed by atoms with Crippen LogP contribution in [0.25, 0.3) is 0 Å². The van der Waals surface area contributed by atoms with Crippen LogP contribution in [0.3, 0.4) is 0 Å². The average molecular weight is 1670 g/mol. The predicted octanol–water partition coefficient (Wildman–Crippen LogP) is 5.53. The van der Waals surface area contributed by atoms with Crippen molar-refractivity contribution in [2.24, 2.45) is 21.7 Å². The molecule has 1 N–H and O–H groups in total. The number of thiol groups is 13. The van der Waals surface area contributed by atoms with Gasteiger partial charge in [0.25, 0.3) is 0 Å². The Labute approximate surface area is 658 Å². The summed E-state index contributed by atoms with van der Waals surface area (Å²) in [6.07, 6.45) is 2.16. The van der Waals surface area contributed by atoms with Gasteiger partial charge >= 0.3 is 77.6 Å². The van der Waals surface area contributed by atoms with E-state index >= 15 is 0 Å². The third kappa shape index (κ3) is 58.8. The Morgan fingerprint density at radius 2 is 0.340 bits per heavy atom. The molecule has 100 heavy (non-hydrogen) atoms. The van der Waals surface area contributed by atoms with Crippen molar-refractivity contribution in [3.8, 4) is 0 Å². The van der Waals surface area contributed by atoms with Gasteiger partial charge in [0.1, 0.15) is 91.3 Å². The molecule has 0 unspecified atom stereocenters. The number of carbonyl (C=O) groups excluding carboxylic acids is 13. The van der Waals surface area contributed by atoms with Crippen LogP contribution >= 0.6 is 164 Å². The first-order valence-corrected chi connectivity index (χ1v) is 39.3. The summed E-state index contributed by atoms with van der Waals surface area (Å²) in [7, 11) is 0. The molecule has 0 amide bonds. The Hall–Kier alpha value is -2.38. The first-order valence-electron chi connectivity index (χ1n) is 31.1. The second-order valence-electron chi connectivity index (χ2n) is 21.6. The topological polar surface area (TPSA) is 362 Å². The van der Waals surface area contributed by atoms with Crippen molar-refractivity contribution < 1.29 is 129 Å². The molecule has 0 aromatic carbocycles. The maximum absolute atomic E-state index is 11.8. The van der Waals surface area contributed by atoms with E-state index in [0.717, 1.165) is 0 Å². The minimum atomic E-state index is -1.25.